The highest BCUT2D eigenvalue weighted by Gasteiger charge is 2.11. The molecule has 1 rings (SSSR count). The minimum atomic E-state index is -2.14. The van der Waals surface area contributed by atoms with Crippen molar-refractivity contribution in [2.45, 2.75) is 13.0 Å². The van der Waals surface area contributed by atoms with Crippen LogP contribution in [0.25, 0.3) is 0 Å². The fraction of sp³-hybridized carbons (Fsp3) is 0.364. The van der Waals surface area contributed by atoms with E-state index < -0.39 is 8.03 Å². The van der Waals surface area contributed by atoms with Gasteiger partial charge in [0.1, 0.15) is 6.61 Å². The monoisotopic (exact) mass is 256 g/mol. The third kappa shape index (κ3) is 6.12. The van der Waals surface area contributed by atoms with Gasteiger partial charge in [-0.2, -0.15) is 4.89 Å². The Labute approximate surface area is 101 Å². The summed E-state index contributed by atoms with van der Waals surface area (Å²) in [5, 5.41) is 1.14. The molecule has 1 atom stereocenters. The second-order valence-corrected chi connectivity index (χ2v) is 4.59. The molecule has 0 bridgehead atoms. The van der Waals surface area contributed by atoms with Gasteiger partial charge in [-0.1, -0.05) is 30.3 Å². The summed E-state index contributed by atoms with van der Waals surface area (Å²) in [7, 11) is -2.14. The van der Waals surface area contributed by atoms with Crippen LogP contribution in [-0.4, -0.2) is 29.1 Å². The summed E-state index contributed by atoms with van der Waals surface area (Å²) in [6.45, 7) is 0.628. The van der Waals surface area contributed by atoms with Gasteiger partial charge in [-0.15, -0.1) is 0 Å². The van der Waals surface area contributed by atoms with Gasteiger partial charge < -0.3 is 0 Å². The predicted molar refractivity (Wildman–Crippen MR) is 63.3 cm³/mol. The average molecular weight is 256 g/mol. The van der Waals surface area contributed by atoms with Gasteiger partial charge in [-0.3, -0.25) is 9.63 Å². The zero-order valence-corrected chi connectivity index (χ0v) is 10.3. The molecule has 1 N–H and O–H groups in total. The van der Waals surface area contributed by atoms with Gasteiger partial charge in [-0.25, -0.2) is 5.06 Å². The van der Waals surface area contributed by atoms with Gasteiger partial charge in [0.15, 0.2) is 6.16 Å². The maximum atomic E-state index is 10.7. The van der Waals surface area contributed by atoms with E-state index in [-0.39, 0.29) is 6.16 Å². The molecule has 1 unspecified atom stereocenters. The maximum Gasteiger partial charge on any atom is 0.505 e. The lowest BCUT2D eigenvalue weighted by Gasteiger charge is -2.15. The summed E-state index contributed by atoms with van der Waals surface area (Å²) in [5.74, 6) is 0. The van der Waals surface area contributed by atoms with Crippen molar-refractivity contribution in [3.8, 4) is 0 Å². The zero-order valence-electron chi connectivity index (χ0n) is 9.36. The normalized spacial score (nSPS) is 11.0. The van der Waals surface area contributed by atoms with Gasteiger partial charge in [0.2, 0.25) is 6.41 Å². The molecule has 92 valence electrons. The van der Waals surface area contributed by atoms with E-state index in [4.69, 9.17) is 9.73 Å². The van der Waals surface area contributed by atoms with E-state index >= 15 is 0 Å². The summed E-state index contributed by atoms with van der Waals surface area (Å²) in [4.78, 5) is 24.5. The van der Waals surface area contributed by atoms with Crippen LogP contribution in [0, 0.1) is 0 Å². The van der Waals surface area contributed by atoms with E-state index in [1.807, 2.05) is 30.3 Å². The summed E-state index contributed by atoms with van der Waals surface area (Å²) in [5.41, 5.74) is 0.965. The van der Waals surface area contributed by atoms with Gasteiger partial charge >= 0.3 is 8.03 Å². The number of rotatable bonds is 8. The number of carbonyl (C=O) groups is 1. The summed E-state index contributed by atoms with van der Waals surface area (Å²) in [6.07, 6.45) is 1.20. The number of amides is 1. The van der Waals surface area contributed by atoms with Gasteiger partial charge in [0.05, 0.1) is 6.54 Å². The van der Waals surface area contributed by atoms with Crippen molar-refractivity contribution < 1.29 is 19.1 Å². The first kappa shape index (κ1) is 13.8. The molecule has 0 spiro atoms. The molecule has 5 nitrogen and oxygen atoms in total. The molecule has 0 aromatic heterocycles. The van der Waals surface area contributed by atoms with Crippen molar-refractivity contribution in [1.82, 2.24) is 5.06 Å². The van der Waals surface area contributed by atoms with Gasteiger partial charge in [0.25, 0.3) is 0 Å². The smallest absolute Gasteiger partial charge is 0.276 e. The summed E-state index contributed by atoms with van der Waals surface area (Å²) in [6, 6.07) is 9.47. The molecular formula is C11H15NO4P+. The Morgan fingerprint density at radius 2 is 2.06 bits per heavy atom. The number of hydrogen-bond acceptors (Lipinski definition) is 3. The molecule has 0 saturated heterocycles. The molecular weight excluding hydrogens is 241 g/mol. The van der Waals surface area contributed by atoms with Crippen LogP contribution in [0.1, 0.15) is 12.0 Å². The van der Waals surface area contributed by atoms with E-state index in [2.05, 4.69) is 0 Å². The van der Waals surface area contributed by atoms with Crippen LogP contribution >= 0.6 is 8.03 Å². The Kier molecular flexibility index (Phi) is 6.40. The molecule has 0 aliphatic carbocycles. The SMILES string of the molecule is O=CN(CCC[P+](=O)O)OCc1ccccc1. The van der Waals surface area contributed by atoms with Gasteiger partial charge in [-0.05, 0) is 10.1 Å². The van der Waals surface area contributed by atoms with Crippen LogP contribution in [0.15, 0.2) is 30.3 Å². The largest absolute Gasteiger partial charge is 0.505 e. The number of benzene rings is 1. The molecule has 0 heterocycles. The third-order valence-corrected chi connectivity index (χ3v) is 2.78. The molecule has 0 saturated carbocycles. The lowest BCUT2D eigenvalue weighted by molar-refractivity contribution is -0.177. The number of hydrogen-bond donors (Lipinski definition) is 1. The van der Waals surface area contributed by atoms with Crippen molar-refractivity contribution >= 4 is 14.4 Å². The first-order chi connectivity index (χ1) is 8.22. The Hall–Kier alpha value is -1.29. The highest BCUT2D eigenvalue weighted by molar-refractivity contribution is 7.37. The van der Waals surface area contributed by atoms with Gasteiger partial charge in [0, 0.05) is 6.42 Å². The topological polar surface area (TPSA) is 66.8 Å². The molecule has 1 amide bonds. The fourth-order valence-corrected chi connectivity index (χ4v) is 1.65. The Bertz CT molecular complexity index is 358. The van der Waals surface area contributed by atoms with Crippen LogP contribution in [0.4, 0.5) is 0 Å². The highest BCUT2D eigenvalue weighted by Crippen LogP contribution is 2.13. The molecule has 6 heteroatoms. The molecule has 1 aromatic rings. The maximum absolute atomic E-state index is 10.7. The minimum Gasteiger partial charge on any atom is -0.276 e. The van der Waals surface area contributed by atoms with Crippen molar-refractivity contribution in [2.75, 3.05) is 12.7 Å². The number of hydroxylamine groups is 2. The molecule has 1 aromatic carbocycles. The molecule has 17 heavy (non-hydrogen) atoms. The van der Waals surface area contributed by atoms with Crippen LogP contribution in [0.5, 0.6) is 0 Å². The average Bonchev–Trinajstić information content (AvgIpc) is 2.34. The molecule has 0 fully saturated rings. The van der Waals surface area contributed by atoms with Crippen LogP contribution < -0.4 is 0 Å². The van der Waals surface area contributed by atoms with E-state index in [1.54, 1.807) is 0 Å². The number of nitrogens with zero attached hydrogens (tertiary/aromatic N) is 1. The van der Waals surface area contributed by atoms with Crippen molar-refractivity contribution in [3.63, 3.8) is 0 Å². The minimum absolute atomic E-state index is 0.175. The quantitative estimate of drug-likeness (QED) is 0.436. The molecule has 0 radical (unpaired) electrons. The van der Waals surface area contributed by atoms with Crippen molar-refractivity contribution in [2.24, 2.45) is 0 Å². The van der Waals surface area contributed by atoms with E-state index in [0.29, 0.717) is 26.0 Å². The first-order valence-electron chi connectivity index (χ1n) is 5.24. The van der Waals surface area contributed by atoms with E-state index in [1.165, 1.54) is 0 Å². The number of carbonyl (C=O) groups excluding carboxylic acids is 1. The molecule has 0 aliphatic rings. The Morgan fingerprint density at radius 3 is 2.65 bits per heavy atom. The van der Waals surface area contributed by atoms with Crippen molar-refractivity contribution in [1.29, 1.82) is 0 Å². The fourth-order valence-electron chi connectivity index (χ4n) is 1.24. The lowest BCUT2D eigenvalue weighted by atomic mass is 10.2. The lowest BCUT2D eigenvalue weighted by Crippen LogP contribution is -2.23. The first-order valence-corrected chi connectivity index (χ1v) is 6.64. The van der Waals surface area contributed by atoms with Crippen molar-refractivity contribution in [3.05, 3.63) is 35.9 Å². The summed E-state index contributed by atoms with van der Waals surface area (Å²) >= 11 is 0. The second-order valence-electron chi connectivity index (χ2n) is 3.43. The zero-order chi connectivity index (χ0) is 12.5. The Balaban J connectivity index is 2.27. The van der Waals surface area contributed by atoms with Crippen LogP contribution in [-0.2, 0) is 20.8 Å². The molecule has 0 aliphatic heterocycles. The highest BCUT2D eigenvalue weighted by atomic mass is 31.1. The predicted octanol–water partition coefficient (Wildman–Crippen LogP) is 1.70. The second kappa shape index (κ2) is 7.90. The third-order valence-electron chi connectivity index (χ3n) is 2.09. The standard InChI is InChI=1S/C11H14NO4P/c13-10-12(7-4-8-17(14)15)16-9-11-5-2-1-3-6-11/h1-3,5-6,10H,4,7-9H2/p+1. The van der Waals surface area contributed by atoms with E-state index in [0.717, 1.165) is 10.6 Å². The van der Waals surface area contributed by atoms with E-state index in [9.17, 15) is 9.36 Å². The van der Waals surface area contributed by atoms with Crippen LogP contribution in [0.3, 0.4) is 0 Å². The summed E-state index contributed by atoms with van der Waals surface area (Å²) < 4.78 is 10.4. The Morgan fingerprint density at radius 1 is 1.35 bits per heavy atom. The van der Waals surface area contributed by atoms with Crippen LogP contribution in [0.2, 0.25) is 0 Å².